The molecule has 6 rings (SSSR count). The third-order valence-corrected chi connectivity index (χ3v) is 6.43. The molecule has 2 aromatic heterocycles. The van der Waals surface area contributed by atoms with E-state index < -0.39 is 23.5 Å². The Kier molecular flexibility index (Phi) is 5.19. The third-order valence-electron chi connectivity index (χ3n) is 6.43. The van der Waals surface area contributed by atoms with Crippen LogP contribution in [0.3, 0.4) is 0 Å². The number of methoxy groups -OCH3 is 2. The van der Waals surface area contributed by atoms with Gasteiger partial charge in [-0.2, -0.15) is 0 Å². The molecular formula is C28H21N3O6. The summed E-state index contributed by atoms with van der Waals surface area (Å²) in [6.07, 6.45) is 0. The van der Waals surface area contributed by atoms with E-state index >= 15 is 0 Å². The highest BCUT2D eigenvalue weighted by atomic mass is 16.5. The van der Waals surface area contributed by atoms with Gasteiger partial charge in [-0.05, 0) is 42.0 Å². The van der Waals surface area contributed by atoms with Crippen molar-refractivity contribution in [1.29, 1.82) is 0 Å². The van der Waals surface area contributed by atoms with Crippen LogP contribution in [0, 0.1) is 0 Å². The van der Waals surface area contributed by atoms with Gasteiger partial charge in [0.05, 0.1) is 36.9 Å². The van der Waals surface area contributed by atoms with Crippen LogP contribution >= 0.6 is 0 Å². The molecule has 1 unspecified atom stereocenters. The minimum Gasteiger partial charge on any atom is -0.503 e. The molecular weight excluding hydrogens is 474 g/mol. The minimum atomic E-state index is -1.02. The number of aliphatic hydroxyl groups is 1. The fraction of sp³-hybridized carbons (Fsp3) is 0.107. The first kappa shape index (κ1) is 22.4. The molecule has 3 heterocycles. The molecule has 37 heavy (non-hydrogen) atoms. The first-order valence-corrected chi connectivity index (χ1v) is 11.5. The number of H-pyrrole nitrogens is 1. The maximum atomic E-state index is 13.8. The molecule has 0 saturated carbocycles. The van der Waals surface area contributed by atoms with Gasteiger partial charge in [0.1, 0.15) is 5.58 Å². The Morgan fingerprint density at radius 1 is 1.00 bits per heavy atom. The molecule has 0 aliphatic carbocycles. The molecule has 1 amide bonds. The molecule has 0 fully saturated rings. The number of fused-ring (bicyclic) bond motifs is 2. The highest BCUT2D eigenvalue weighted by Gasteiger charge is 2.46. The number of nitrogens with zero attached hydrogens (tertiary/aromatic N) is 2. The number of para-hydroxylation sites is 3. The summed E-state index contributed by atoms with van der Waals surface area (Å²) in [7, 11) is 3.01. The summed E-state index contributed by atoms with van der Waals surface area (Å²) in [4.78, 5) is 36.2. The van der Waals surface area contributed by atoms with Gasteiger partial charge < -0.3 is 24.0 Å². The second-order valence-corrected chi connectivity index (χ2v) is 8.51. The molecule has 3 aromatic carbocycles. The number of furan rings is 1. The normalized spacial score (nSPS) is 15.7. The number of amides is 1. The highest BCUT2D eigenvalue weighted by Crippen LogP contribution is 2.43. The summed E-state index contributed by atoms with van der Waals surface area (Å²) >= 11 is 0. The molecule has 0 radical (unpaired) electrons. The molecule has 0 saturated heterocycles. The number of anilines is 1. The lowest BCUT2D eigenvalue weighted by Crippen LogP contribution is -2.32. The van der Waals surface area contributed by atoms with Gasteiger partial charge in [-0.15, -0.1) is 0 Å². The summed E-state index contributed by atoms with van der Waals surface area (Å²) in [6, 6.07) is 20.1. The van der Waals surface area contributed by atoms with Crippen LogP contribution < -0.4 is 14.4 Å². The lowest BCUT2D eigenvalue weighted by Gasteiger charge is -2.25. The van der Waals surface area contributed by atoms with Gasteiger partial charge >= 0.3 is 0 Å². The largest absolute Gasteiger partial charge is 0.503 e. The molecule has 1 aliphatic heterocycles. The minimum absolute atomic E-state index is 0.00693. The number of hydrogen-bond acceptors (Lipinski definition) is 7. The Morgan fingerprint density at radius 2 is 1.76 bits per heavy atom. The van der Waals surface area contributed by atoms with E-state index in [1.165, 1.54) is 19.1 Å². The number of nitrogens with one attached hydrogen (secondary N) is 1. The van der Waals surface area contributed by atoms with Crippen molar-refractivity contribution in [2.45, 2.75) is 6.04 Å². The van der Waals surface area contributed by atoms with Crippen molar-refractivity contribution in [2.75, 3.05) is 19.1 Å². The van der Waals surface area contributed by atoms with Crippen LogP contribution in [0.2, 0.25) is 0 Å². The summed E-state index contributed by atoms with van der Waals surface area (Å²) in [6.45, 7) is 0. The van der Waals surface area contributed by atoms with E-state index in [1.54, 1.807) is 42.5 Å². The third kappa shape index (κ3) is 3.51. The Bertz CT molecular complexity index is 1660. The molecule has 9 nitrogen and oxygen atoms in total. The summed E-state index contributed by atoms with van der Waals surface area (Å²) in [5.74, 6) is -0.981. The highest BCUT2D eigenvalue weighted by molar-refractivity contribution is 6.20. The van der Waals surface area contributed by atoms with Crippen molar-refractivity contribution < 1.29 is 28.6 Å². The number of hydrogen-bond donors (Lipinski definition) is 2. The first-order valence-electron chi connectivity index (χ1n) is 11.5. The average Bonchev–Trinajstić information content (AvgIpc) is 3.62. The lowest BCUT2D eigenvalue weighted by atomic mass is 9.94. The fourth-order valence-electron chi connectivity index (χ4n) is 4.67. The number of imidazole rings is 1. The van der Waals surface area contributed by atoms with Crippen LogP contribution in [0.5, 0.6) is 11.5 Å². The Balaban J connectivity index is 1.53. The Hall–Kier alpha value is -5.05. The smallest absolute Gasteiger partial charge is 0.296 e. The second kappa shape index (κ2) is 8.56. The molecule has 1 atom stereocenters. The zero-order valence-corrected chi connectivity index (χ0v) is 19.9. The van der Waals surface area contributed by atoms with Crippen molar-refractivity contribution in [3.63, 3.8) is 0 Å². The summed E-state index contributed by atoms with van der Waals surface area (Å²) in [5, 5.41) is 11.8. The maximum Gasteiger partial charge on any atom is 0.296 e. The van der Waals surface area contributed by atoms with E-state index in [0.717, 1.165) is 5.39 Å². The fourth-order valence-corrected chi connectivity index (χ4v) is 4.67. The van der Waals surface area contributed by atoms with Crippen molar-refractivity contribution in [3.05, 3.63) is 95.5 Å². The van der Waals surface area contributed by atoms with E-state index in [-0.39, 0.29) is 17.3 Å². The van der Waals surface area contributed by atoms with Gasteiger partial charge in [0.25, 0.3) is 5.91 Å². The van der Waals surface area contributed by atoms with Crippen molar-refractivity contribution in [3.8, 4) is 11.5 Å². The van der Waals surface area contributed by atoms with Crippen LogP contribution in [0.1, 0.15) is 22.2 Å². The predicted molar refractivity (Wildman–Crippen MR) is 136 cm³/mol. The second-order valence-electron chi connectivity index (χ2n) is 8.51. The van der Waals surface area contributed by atoms with Gasteiger partial charge in [0.2, 0.25) is 11.7 Å². The Morgan fingerprint density at radius 3 is 2.51 bits per heavy atom. The number of benzene rings is 3. The molecule has 9 heteroatoms. The van der Waals surface area contributed by atoms with Crippen molar-refractivity contribution in [2.24, 2.45) is 0 Å². The van der Waals surface area contributed by atoms with E-state index in [4.69, 9.17) is 13.9 Å². The zero-order chi connectivity index (χ0) is 25.7. The number of carbonyl (C=O) groups is 2. The van der Waals surface area contributed by atoms with Gasteiger partial charge in [-0.1, -0.05) is 36.4 Å². The average molecular weight is 495 g/mol. The number of ketones is 1. The molecule has 1 aliphatic rings. The van der Waals surface area contributed by atoms with E-state index in [9.17, 15) is 14.7 Å². The van der Waals surface area contributed by atoms with E-state index in [2.05, 4.69) is 9.97 Å². The lowest BCUT2D eigenvalue weighted by molar-refractivity contribution is -0.117. The van der Waals surface area contributed by atoms with E-state index in [1.807, 2.05) is 30.3 Å². The standard InChI is InChI=1S/C28H21N3O6/c1-35-20-12-11-16(14-21(20)36-2)24-23(25(32)22-13-15-7-3-6-10-19(15)37-22)26(33)27(34)31(24)28-29-17-8-4-5-9-18(17)30-28/h3-14,24,33H,1-2H3,(H,29,30). The van der Waals surface area contributed by atoms with E-state index in [0.29, 0.717) is 33.7 Å². The number of ether oxygens (including phenoxy) is 2. The molecule has 0 bridgehead atoms. The van der Waals surface area contributed by atoms with Crippen molar-refractivity contribution >= 4 is 39.6 Å². The number of aliphatic hydroxyl groups excluding tert-OH is 1. The zero-order valence-electron chi connectivity index (χ0n) is 19.9. The van der Waals surface area contributed by atoms with Gasteiger partial charge in [-0.3, -0.25) is 14.5 Å². The summed E-state index contributed by atoms with van der Waals surface area (Å²) < 4.78 is 16.6. The topological polar surface area (TPSA) is 118 Å². The Labute approximate surface area is 210 Å². The number of carbonyl (C=O) groups excluding carboxylic acids is 2. The van der Waals surface area contributed by atoms with Crippen LogP contribution in [-0.2, 0) is 4.79 Å². The van der Waals surface area contributed by atoms with Gasteiger partial charge in [0.15, 0.2) is 23.0 Å². The molecule has 0 spiro atoms. The monoisotopic (exact) mass is 495 g/mol. The van der Waals surface area contributed by atoms with Crippen LogP contribution in [0.4, 0.5) is 5.95 Å². The maximum absolute atomic E-state index is 13.8. The molecule has 2 N–H and O–H groups in total. The predicted octanol–water partition coefficient (Wildman–Crippen LogP) is 5.11. The number of aromatic amines is 1. The first-order chi connectivity index (χ1) is 18.0. The SMILES string of the molecule is COc1ccc(C2C(C(=O)c3cc4ccccc4o3)=C(O)C(=O)N2c2nc3ccccc3[nH]2)cc1OC. The van der Waals surface area contributed by atoms with Gasteiger partial charge in [-0.25, -0.2) is 4.98 Å². The summed E-state index contributed by atoms with van der Waals surface area (Å²) in [5.41, 5.74) is 2.24. The van der Waals surface area contributed by atoms with Crippen LogP contribution in [0.25, 0.3) is 22.0 Å². The number of Topliss-reactive ketones (excluding diaryl/α,β-unsaturated/α-hetero) is 1. The quantitative estimate of drug-likeness (QED) is 0.314. The van der Waals surface area contributed by atoms with Crippen LogP contribution in [0.15, 0.2) is 88.5 Å². The van der Waals surface area contributed by atoms with Crippen molar-refractivity contribution in [1.82, 2.24) is 9.97 Å². The molecule has 5 aromatic rings. The van der Waals surface area contributed by atoms with Crippen LogP contribution in [-0.4, -0.2) is 41.0 Å². The number of aromatic nitrogens is 2. The molecule has 184 valence electrons. The van der Waals surface area contributed by atoms with Gasteiger partial charge in [0, 0.05) is 5.39 Å². The number of rotatable bonds is 6.